The van der Waals surface area contributed by atoms with E-state index in [1.807, 2.05) is 20.8 Å². The zero-order valence-electron chi connectivity index (χ0n) is 11.4. The van der Waals surface area contributed by atoms with Gasteiger partial charge in [0.15, 0.2) is 0 Å². The summed E-state index contributed by atoms with van der Waals surface area (Å²) in [5.74, 6) is -1.06. The SMILES string of the molecule is CCC(C)(CNC(=O)CNC(C)(C)C)C(=O)O. The van der Waals surface area contributed by atoms with Crippen LogP contribution in [0.4, 0.5) is 0 Å². The molecule has 5 nitrogen and oxygen atoms in total. The predicted octanol–water partition coefficient (Wildman–Crippen LogP) is 0.992. The minimum atomic E-state index is -0.891. The Bertz CT molecular complexity index is 284. The summed E-state index contributed by atoms with van der Waals surface area (Å²) in [4.78, 5) is 22.5. The zero-order valence-corrected chi connectivity index (χ0v) is 11.4. The highest BCUT2D eigenvalue weighted by molar-refractivity contribution is 5.80. The van der Waals surface area contributed by atoms with Gasteiger partial charge in [0.2, 0.25) is 5.91 Å². The lowest BCUT2D eigenvalue weighted by molar-refractivity contribution is -0.148. The Hall–Kier alpha value is -1.10. The fraction of sp³-hybridized carbons (Fsp3) is 0.833. The second kappa shape index (κ2) is 6.00. The van der Waals surface area contributed by atoms with Gasteiger partial charge in [0.05, 0.1) is 12.0 Å². The number of rotatable bonds is 6. The lowest BCUT2D eigenvalue weighted by Gasteiger charge is -2.24. The fourth-order valence-electron chi connectivity index (χ4n) is 1.05. The number of carboxylic acids is 1. The molecular formula is C12H24N2O3. The minimum absolute atomic E-state index is 0.127. The van der Waals surface area contributed by atoms with Gasteiger partial charge in [-0.3, -0.25) is 9.59 Å². The van der Waals surface area contributed by atoms with E-state index in [2.05, 4.69) is 10.6 Å². The van der Waals surface area contributed by atoms with E-state index < -0.39 is 11.4 Å². The lowest BCUT2D eigenvalue weighted by atomic mass is 9.88. The lowest BCUT2D eigenvalue weighted by Crippen LogP contribution is -2.46. The first-order chi connectivity index (χ1) is 7.60. The molecule has 1 atom stereocenters. The van der Waals surface area contributed by atoms with Gasteiger partial charge in [-0.05, 0) is 34.1 Å². The van der Waals surface area contributed by atoms with E-state index in [9.17, 15) is 9.59 Å². The van der Waals surface area contributed by atoms with Crippen molar-refractivity contribution >= 4 is 11.9 Å². The third-order valence-corrected chi connectivity index (χ3v) is 2.75. The molecule has 0 saturated heterocycles. The number of carbonyl (C=O) groups is 2. The summed E-state index contributed by atoms with van der Waals surface area (Å²) >= 11 is 0. The van der Waals surface area contributed by atoms with Crippen molar-refractivity contribution in [2.45, 2.75) is 46.6 Å². The molecule has 3 N–H and O–H groups in total. The molecule has 0 aromatic carbocycles. The van der Waals surface area contributed by atoms with Crippen LogP contribution >= 0.6 is 0 Å². The molecule has 0 fully saturated rings. The van der Waals surface area contributed by atoms with Gasteiger partial charge < -0.3 is 15.7 Å². The van der Waals surface area contributed by atoms with Gasteiger partial charge in [-0.2, -0.15) is 0 Å². The number of carboxylic acid groups (broad SMARTS) is 1. The van der Waals surface area contributed by atoms with E-state index in [0.717, 1.165) is 0 Å². The molecule has 17 heavy (non-hydrogen) atoms. The van der Waals surface area contributed by atoms with E-state index in [-0.39, 0.29) is 24.5 Å². The molecule has 0 heterocycles. The summed E-state index contributed by atoms with van der Waals surface area (Å²) in [5, 5.41) is 14.7. The molecule has 0 aliphatic carbocycles. The number of aliphatic carboxylic acids is 1. The molecule has 0 spiro atoms. The molecule has 0 radical (unpaired) electrons. The molecule has 0 aromatic heterocycles. The summed E-state index contributed by atoms with van der Waals surface area (Å²) in [5.41, 5.74) is -1.02. The second-order valence-corrected chi connectivity index (χ2v) is 5.60. The smallest absolute Gasteiger partial charge is 0.311 e. The van der Waals surface area contributed by atoms with Gasteiger partial charge in [0, 0.05) is 12.1 Å². The van der Waals surface area contributed by atoms with Gasteiger partial charge in [-0.15, -0.1) is 0 Å². The monoisotopic (exact) mass is 244 g/mol. The third kappa shape index (κ3) is 6.26. The average molecular weight is 244 g/mol. The first kappa shape index (κ1) is 15.9. The number of carbonyl (C=O) groups excluding carboxylic acids is 1. The Labute approximate surface area is 103 Å². The van der Waals surface area contributed by atoms with Crippen molar-refractivity contribution in [2.24, 2.45) is 5.41 Å². The van der Waals surface area contributed by atoms with Crippen molar-refractivity contribution in [3.63, 3.8) is 0 Å². The summed E-state index contributed by atoms with van der Waals surface area (Å²) in [7, 11) is 0. The number of hydrogen-bond donors (Lipinski definition) is 3. The van der Waals surface area contributed by atoms with Crippen molar-refractivity contribution in [1.29, 1.82) is 0 Å². The van der Waals surface area contributed by atoms with Gasteiger partial charge in [-0.25, -0.2) is 0 Å². The maximum absolute atomic E-state index is 11.5. The Morgan fingerprint density at radius 1 is 1.18 bits per heavy atom. The van der Waals surface area contributed by atoms with Gasteiger partial charge >= 0.3 is 5.97 Å². The van der Waals surface area contributed by atoms with Crippen LogP contribution in [0.5, 0.6) is 0 Å². The van der Waals surface area contributed by atoms with Crippen LogP contribution in [-0.2, 0) is 9.59 Å². The van der Waals surface area contributed by atoms with Crippen molar-refractivity contribution in [2.75, 3.05) is 13.1 Å². The van der Waals surface area contributed by atoms with Crippen LogP contribution in [-0.4, -0.2) is 35.6 Å². The molecule has 0 saturated carbocycles. The summed E-state index contributed by atoms with van der Waals surface area (Å²) < 4.78 is 0. The summed E-state index contributed by atoms with van der Waals surface area (Å²) in [6, 6.07) is 0. The topological polar surface area (TPSA) is 78.4 Å². The van der Waals surface area contributed by atoms with Crippen LogP contribution in [0.3, 0.4) is 0 Å². The molecule has 1 amide bonds. The maximum Gasteiger partial charge on any atom is 0.311 e. The number of nitrogens with one attached hydrogen (secondary N) is 2. The van der Waals surface area contributed by atoms with Gasteiger partial charge in [-0.1, -0.05) is 6.92 Å². The zero-order chi connectivity index (χ0) is 13.7. The van der Waals surface area contributed by atoms with Crippen molar-refractivity contribution in [3.05, 3.63) is 0 Å². The highest BCUT2D eigenvalue weighted by Gasteiger charge is 2.31. The standard InChI is InChI=1S/C12H24N2O3/c1-6-12(5,10(16)17)8-13-9(15)7-14-11(2,3)4/h14H,6-8H2,1-5H3,(H,13,15)(H,16,17). The van der Waals surface area contributed by atoms with Crippen molar-refractivity contribution < 1.29 is 14.7 Å². The first-order valence-electron chi connectivity index (χ1n) is 5.86. The Kier molecular flexibility index (Phi) is 5.61. The first-order valence-corrected chi connectivity index (χ1v) is 5.86. The molecule has 0 rings (SSSR count). The quantitative estimate of drug-likeness (QED) is 0.651. The third-order valence-electron chi connectivity index (χ3n) is 2.75. The van der Waals surface area contributed by atoms with E-state index in [1.54, 1.807) is 13.8 Å². The van der Waals surface area contributed by atoms with Crippen LogP contribution in [0.1, 0.15) is 41.0 Å². The molecule has 0 aliphatic rings. The van der Waals surface area contributed by atoms with Crippen LogP contribution in [0.15, 0.2) is 0 Å². The van der Waals surface area contributed by atoms with Crippen molar-refractivity contribution in [3.8, 4) is 0 Å². The predicted molar refractivity (Wildman–Crippen MR) is 66.8 cm³/mol. The van der Waals surface area contributed by atoms with E-state index in [1.165, 1.54) is 0 Å². The molecule has 1 unspecified atom stereocenters. The molecule has 0 bridgehead atoms. The van der Waals surface area contributed by atoms with Crippen LogP contribution in [0.25, 0.3) is 0 Å². The minimum Gasteiger partial charge on any atom is -0.481 e. The van der Waals surface area contributed by atoms with Crippen LogP contribution in [0, 0.1) is 5.41 Å². The summed E-state index contributed by atoms with van der Waals surface area (Å²) in [6.45, 7) is 9.68. The van der Waals surface area contributed by atoms with E-state index in [4.69, 9.17) is 5.11 Å². The van der Waals surface area contributed by atoms with E-state index >= 15 is 0 Å². The average Bonchev–Trinajstić information content (AvgIpc) is 2.21. The molecular weight excluding hydrogens is 220 g/mol. The molecule has 0 aromatic rings. The Balaban J connectivity index is 4.11. The number of amides is 1. The molecule has 5 heteroatoms. The number of hydrogen-bond acceptors (Lipinski definition) is 3. The maximum atomic E-state index is 11.5. The Morgan fingerprint density at radius 2 is 1.71 bits per heavy atom. The molecule has 0 aliphatic heterocycles. The van der Waals surface area contributed by atoms with Crippen molar-refractivity contribution in [1.82, 2.24) is 10.6 Å². The fourth-order valence-corrected chi connectivity index (χ4v) is 1.05. The second-order valence-electron chi connectivity index (χ2n) is 5.60. The normalized spacial score (nSPS) is 15.1. The van der Waals surface area contributed by atoms with E-state index in [0.29, 0.717) is 6.42 Å². The van der Waals surface area contributed by atoms with Gasteiger partial charge in [0.25, 0.3) is 0 Å². The summed E-state index contributed by atoms with van der Waals surface area (Å²) in [6.07, 6.45) is 0.481. The van der Waals surface area contributed by atoms with Crippen LogP contribution < -0.4 is 10.6 Å². The highest BCUT2D eigenvalue weighted by atomic mass is 16.4. The van der Waals surface area contributed by atoms with Crippen LogP contribution in [0.2, 0.25) is 0 Å². The van der Waals surface area contributed by atoms with Gasteiger partial charge in [0.1, 0.15) is 0 Å². The Morgan fingerprint density at radius 3 is 2.06 bits per heavy atom. The largest absolute Gasteiger partial charge is 0.481 e. The molecule has 100 valence electrons. The highest BCUT2D eigenvalue weighted by Crippen LogP contribution is 2.19.